The maximum absolute atomic E-state index is 12.4. The Morgan fingerprint density at radius 2 is 1.85 bits per heavy atom. The summed E-state index contributed by atoms with van der Waals surface area (Å²) < 4.78 is 0. The van der Waals surface area contributed by atoms with Gasteiger partial charge in [-0.15, -0.1) is 0 Å². The summed E-state index contributed by atoms with van der Waals surface area (Å²) in [6.45, 7) is 12.1. The van der Waals surface area contributed by atoms with Crippen LogP contribution in [0.25, 0.3) is 0 Å². The first kappa shape index (κ1) is 23.8. The summed E-state index contributed by atoms with van der Waals surface area (Å²) in [5.74, 6) is 0.485. The highest BCUT2D eigenvalue weighted by atomic mass is 16.1. The zero-order valence-corrected chi connectivity index (χ0v) is 18.5. The molecule has 0 spiro atoms. The lowest BCUT2D eigenvalue weighted by Crippen LogP contribution is -2.41. The maximum atomic E-state index is 12.4. The summed E-state index contributed by atoms with van der Waals surface area (Å²) >= 11 is 0. The highest BCUT2D eigenvalue weighted by Gasteiger charge is 2.25. The van der Waals surface area contributed by atoms with Crippen LogP contribution in [-0.2, 0) is 9.59 Å². The highest BCUT2D eigenvalue weighted by molar-refractivity contribution is 5.91. The highest BCUT2D eigenvalue weighted by Crippen LogP contribution is 2.23. The quantitative estimate of drug-likeness (QED) is 0.509. The van der Waals surface area contributed by atoms with Crippen LogP contribution in [0.4, 0.5) is 0 Å². The zero-order chi connectivity index (χ0) is 20.6. The van der Waals surface area contributed by atoms with E-state index in [9.17, 15) is 9.59 Å². The third-order valence-electron chi connectivity index (χ3n) is 6.00. The second-order valence-corrected chi connectivity index (χ2v) is 9.04. The van der Waals surface area contributed by atoms with Gasteiger partial charge in [0.25, 0.3) is 0 Å². The molecular formula is C23H40N2O2. The molecule has 2 atom stereocenters. The summed E-state index contributed by atoms with van der Waals surface area (Å²) in [5.41, 5.74) is -0.0187. The lowest BCUT2D eigenvalue weighted by molar-refractivity contribution is -0.118. The van der Waals surface area contributed by atoms with Crippen LogP contribution in [0.5, 0.6) is 0 Å². The van der Waals surface area contributed by atoms with E-state index in [-0.39, 0.29) is 28.9 Å². The van der Waals surface area contributed by atoms with Gasteiger partial charge in [0.1, 0.15) is 0 Å². The van der Waals surface area contributed by atoms with Crippen LogP contribution in [0.2, 0.25) is 0 Å². The molecule has 1 aliphatic heterocycles. The standard InChI is InChI=1S/C23H40N2O2/c1-18(2)21(26)11-9-17-25(7)23(4,5)15-14-19(3)22(27)13-12-20-10-8-16-24(20)6/h9,11-13,18-20H,8,10,14-17H2,1-7H3/b11-9+,13-12+/t19?,20-/m1/s1. The summed E-state index contributed by atoms with van der Waals surface area (Å²) in [7, 11) is 4.20. The van der Waals surface area contributed by atoms with Crippen molar-refractivity contribution in [1.82, 2.24) is 9.80 Å². The molecule has 0 aliphatic carbocycles. The average Bonchev–Trinajstić information content (AvgIpc) is 3.02. The topological polar surface area (TPSA) is 40.6 Å². The summed E-state index contributed by atoms with van der Waals surface area (Å²) in [6.07, 6.45) is 11.7. The first-order valence-electron chi connectivity index (χ1n) is 10.4. The number of hydrogen-bond acceptors (Lipinski definition) is 4. The Morgan fingerprint density at radius 3 is 2.41 bits per heavy atom. The molecule has 0 radical (unpaired) electrons. The Kier molecular flexibility index (Phi) is 9.61. The molecule has 0 aromatic rings. The second-order valence-electron chi connectivity index (χ2n) is 9.04. The first-order valence-corrected chi connectivity index (χ1v) is 10.4. The van der Waals surface area contributed by atoms with Crippen molar-refractivity contribution in [2.75, 3.05) is 27.2 Å². The molecule has 1 heterocycles. The number of carbonyl (C=O) groups is 2. The van der Waals surface area contributed by atoms with E-state index in [1.807, 2.05) is 26.8 Å². The fourth-order valence-electron chi connectivity index (χ4n) is 3.22. The molecule has 0 N–H and O–H groups in total. The molecule has 1 unspecified atom stereocenters. The van der Waals surface area contributed by atoms with Gasteiger partial charge >= 0.3 is 0 Å². The Bertz CT molecular complexity index is 549. The predicted molar refractivity (Wildman–Crippen MR) is 114 cm³/mol. The molecule has 1 fully saturated rings. The molecule has 4 nitrogen and oxygen atoms in total. The Hall–Kier alpha value is -1.26. The van der Waals surface area contributed by atoms with Crippen molar-refractivity contribution in [1.29, 1.82) is 0 Å². The molecule has 0 bridgehead atoms. The van der Waals surface area contributed by atoms with E-state index in [4.69, 9.17) is 0 Å². The van der Waals surface area contributed by atoms with E-state index in [1.165, 1.54) is 6.42 Å². The number of nitrogens with zero attached hydrogens (tertiary/aromatic N) is 2. The Labute approximate surface area is 166 Å². The lowest BCUT2D eigenvalue weighted by atomic mass is 9.89. The van der Waals surface area contributed by atoms with Gasteiger partial charge in [-0.25, -0.2) is 0 Å². The molecule has 1 rings (SSSR count). The van der Waals surface area contributed by atoms with Crippen molar-refractivity contribution < 1.29 is 9.59 Å². The fraction of sp³-hybridized carbons (Fsp3) is 0.739. The van der Waals surface area contributed by atoms with Crippen LogP contribution in [0.1, 0.15) is 60.3 Å². The van der Waals surface area contributed by atoms with E-state index in [0.717, 1.165) is 32.4 Å². The minimum absolute atomic E-state index is 0.0187. The SMILES string of the molecule is CC(C)C(=O)/C=C/CN(C)C(C)(C)CCC(C)C(=O)/C=C/[C@H]1CCCN1C. The molecule has 27 heavy (non-hydrogen) atoms. The van der Waals surface area contributed by atoms with Gasteiger partial charge in [0.05, 0.1) is 0 Å². The van der Waals surface area contributed by atoms with Crippen molar-refractivity contribution in [2.45, 2.75) is 71.9 Å². The van der Waals surface area contributed by atoms with E-state index < -0.39 is 0 Å². The normalized spacial score (nSPS) is 20.4. The lowest BCUT2D eigenvalue weighted by Gasteiger charge is -2.35. The molecule has 1 saturated heterocycles. The van der Waals surface area contributed by atoms with Crippen LogP contribution in [0.3, 0.4) is 0 Å². The van der Waals surface area contributed by atoms with Gasteiger partial charge in [0, 0.05) is 30.0 Å². The van der Waals surface area contributed by atoms with Gasteiger partial charge in [-0.1, -0.05) is 32.9 Å². The van der Waals surface area contributed by atoms with E-state index in [1.54, 1.807) is 12.2 Å². The first-order chi connectivity index (χ1) is 12.5. The largest absolute Gasteiger partial charge is 0.300 e. The number of allylic oxidation sites excluding steroid dienone is 2. The summed E-state index contributed by atoms with van der Waals surface area (Å²) in [6, 6.07) is 0.420. The van der Waals surface area contributed by atoms with E-state index >= 15 is 0 Å². The van der Waals surface area contributed by atoms with E-state index in [0.29, 0.717) is 6.04 Å². The van der Waals surface area contributed by atoms with Crippen LogP contribution in [-0.4, -0.2) is 60.1 Å². The second kappa shape index (κ2) is 10.9. The van der Waals surface area contributed by atoms with Crippen molar-refractivity contribution in [3.63, 3.8) is 0 Å². The average molecular weight is 377 g/mol. The number of likely N-dealkylation sites (tertiary alicyclic amines) is 1. The zero-order valence-electron chi connectivity index (χ0n) is 18.5. The number of hydrogen-bond donors (Lipinski definition) is 0. The number of likely N-dealkylation sites (N-methyl/N-ethyl adjacent to an activating group) is 2. The van der Waals surface area contributed by atoms with Crippen LogP contribution in [0.15, 0.2) is 24.3 Å². The van der Waals surface area contributed by atoms with E-state index in [2.05, 4.69) is 43.8 Å². The minimum atomic E-state index is -0.0187. The van der Waals surface area contributed by atoms with Crippen molar-refractivity contribution in [2.24, 2.45) is 11.8 Å². The molecule has 0 amide bonds. The molecule has 0 aromatic carbocycles. The van der Waals surface area contributed by atoms with Crippen molar-refractivity contribution in [3.8, 4) is 0 Å². The summed E-state index contributed by atoms with van der Waals surface area (Å²) in [4.78, 5) is 28.7. The van der Waals surface area contributed by atoms with Gasteiger partial charge in [-0.3, -0.25) is 19.4 Å². The Balaban J connectivity index is 2.45. The molecule has 0 aromatic heterocycles. The van der Waals surface area contributed by atoms with Crippen molar-refractivity contribution in [3.05, 3.63) is 24.3 Å². The third kappa shape index (κ3) is 8.10. The van der Waals surface area contributed by atoms with Crippen LogP contribution in [0, 0.1) is 11.8 Å². The monoisotopic (exact) mass is 376 g/mol. The summed E-state index contributed by atoms with van der Waals surface area (Å²) in [5, 5.41) is 0. The van der Waals surface area contributed by atoms with Gasteiger partial charge in [-0.2, -0.15) is 0 Å². The molecule has 0 saturated carbocycles. The number of carbonyl (C=O) groups excluding carboxylic acids is 2. The fourth-order valence-corrected chi connectivity index (χ4v) is 3.22. The molecule has 1 aliphatic rings. The Morgan fingerprint density at radius 1 is 1.19 bits per heavy atom. The molecular weight excluding hydrogens is 336 g/mol. The van der Waals surface area contributed by atoms with Gasteiger partial charge in [-0.05, 0) is 72.3 Å². The van der Waals surface area contributed by atoms with Crippen LogP contribution < -0.4 is 0 Å². The predicted octanol–water partition coefficient (Wildman–Crippen LogP) is 4.11. The van der Waals surface area contributed by atoms with Crippen LogP contribution >= 0.6 is 0 Å². The maximum Gasteiger partial charge on any atom is 0.158 e. The molecule has 4 heteroatoms. The van der Waals surface area contributed by atoms with Gasteiger partial charge in [0.2, 0.25) is 0 Å². The van der Waals surface area contributed by atoms with Gasteiger partial charge in [0.15, 0.2) is 11.6 Å². The smallest absolute Gasteiger partial charge is 0.158 e. The number of ketones is 2. The van der Waals surface area contributed by atoms with Gasteiger partial charge < -0.3 is 0 Å². The van der Waals surface area contributed by atoms with Crippen molar-refractivity contribution >= 4 is 11.6 Å². The minimum Gasteiger partial charge on any atom is -0.300 e. The third-order valence-corrected chi connectivity index (χ3v) is 6.00. The number of rotatable bonds is 11. The molecule has 154 valence electrons.